The van der Waals surface area contributed by atoms with Gasteiger partial charge in [0, 0.05) is 54.3 Å². The maximum absolute atomic E-state index is 14.0. The summed E-state index contributed by atoms with van der Waals surface area (Å²) in [6.45, 7) is 13.4. The molecule has 1 atom stereocenters. The Morgan fingerprint density at radius 1 is 1.27 bits per heavy atom. The Kier molecular flexibility index (Phi) is 14.0. The zero-order chi connectivity index (χ0) is 25.6. The van der Waals surface area contributed by atoms with Crippen molar-refractivity contribution < 1.29 is 19.1 Å². The molecule has 1 fully saturated rings. The molecule has 1 aliphatic rings. The van der Waals surface area contributed by atoms with Gasteiger partial charge in [0.2, 0.25) is 12.3 Å². The zero-order valence-electron chi connectivity index (χ0n) is 20.7. The highest BCUT2D eigenvalue weighted by molar-refractivity contribution is 5.85. The molecule has 8 nitrogen and oxygen atoms in total. The first-order valence-electron chi connectivity index (χ1n) is 11.1. The number of carbonyl (C=O) groups excluding carboxylic acids is 2. The summed E-state index contributed by atoms with van der Waals surface area (Å²) in [5.41, 5.74) is 1.32. The van der Waals surface area contributed by atoms with Crippen LogP contribution in [0.15, 0.2) is 24.4 Å². The van der Waals surface area contributed by atoms with Crippen molar-refractivity contribution in [2.24, 2.45) is 17.1 Å². The standard InChI is InChI=1S/C12H11FN2O.C10H19NO2.C2H6.H4N2/c1-8-10-3-2-9(6-14-7-16)12(13)11(10)4-5-15-8;1-10(2,3)6-9(13)11-5-4-8(12)7-11;2*1-2/h2-5,7H,6H2,1H3,(H,14,16);8,12H,4-7H2,1-3H3;1-2H3;1-2H2. The number of hydrogen-bond acceptors (Lipinski definition) is 6. The number of amides is 2. The van der Waals surface area contributed by atoms with Crippen LogP contribution in [0.1, 0.15) is 58.7 Å². The van der Waals surface area contributed by atoms with Crippen molar-refractivity contribution in [3.05, 3.63) is 41.5 Å². The Bertz CT molecular complexity index is 871. The monoisotopic (exact) mass is 465 g/mol. The highest BCUT2D eigenvalue weighted by Crippen LogP contribution is 2.23. The second kappa shape index (κ2) is 15.3. The molecule has 0 spiro atoms. The molecule has 0 bridgehead atoms. The summed E-state index contributed by atoms with van der Waals surface area (Å²) < 4.78 is 14.0. The molecular formula is C24H40FN5O3. The van der Waals surface area contributed by atoms with Crippen molar-refractivity contribution >= 4 is 23.1 Å². The molecule has 9 heteroatoms. The van der Waals surface area contributed by atoms with Crippen LogP contribution >= 0.6 is 0 Å². The van der Waals surface area contributed by atoms with Crippen LogP contribution in [0.2, 0.25) is 0 Å². The lowest BCUT2D eigenvalue weighted by molar-refractivity contribution is -0.132. The van der Waals surface area contributed by atoms with Crippen molar-refractivity contribution in [2.45, 2.75) is 67.0 Å². The number of nitrogens with one attached hydrogen (secondary N) is 1. The van der Waals surface area contributed by atoms with Crippen molar-refractivity contribution in [3.63, 3.8) is 0 Å². The van der Waals surface area contributed by atoms with E-state index in [1.165, 1.54) is 0 Å². The molecule has 1 unspecified atom stereocenters. The minimum absolute atomic E-state index is 0.0463. The lowest BCUT2D eigenvalue weighted by Gasteiger charge is -2.22. The van der Waals surface area contributed by atoms with Gasteiger partial charge >= 0.3 is 0 Å². The van der Waals surface area contributed by atoms with Crippen molar-refractivity contribution in [3.8, 4) is 0 Å². The zero-order valence-corrected chi connectivity index (χ0v) is 20.7. The molecular weight excluding hydrogens is 425 g/mol. The normalized spacial score (nSPS) is 14.7. The summed E-state index contributed by atoms with van der Waals surface area (Å²) in [6.07, 6.45) is 3.14. The minimum atomic E-state index is -0.302. The fraction of sp³-hybridized carbons (Fsp3) is 0.542. The van der Waals surface area contributed by atoms with Gasteiger partial charge in [-0.05, 0) is 24.8 Å². The third kappa shape index (κ3) is 10.2. The number of aliphatic hydroxyl groups is 1. The number of carbonyl (C=O) groups is 2. The van der Waals surface area contributed by atoms with Crippen LogP contribution in [0.5, 0.6) is 0 Å². The molecule has 3 rings (SSSR count). The summed E-state index contributed by atoms with van der Waals surface area (Å²) in [6, 6.07) is 5.13. The lowest BCUT2D eigenvalue weighted by atomic mass is 9.92. The Labute approximate surface area is 196 Å². The number of fused-ring (bicyclic) bond motifs is 1. The Balaban J connectivity index is 0.000000549. The number of likely N-dealkylation sites (tertiary alicyclic amines) is 1. The molecule has 0 radical (unpaired) electrons. The van der Waals surface area contributed by atoms with Gasteiger partial charge < -0.3 is 15.3 Å². The SMILES string of the molecule is CC.CC(C)(C)CC(=O)N1CCC(O)C1.Cc1nccc2c(F)c(CNC=O)ccc12.NN. The molecule has 2 amide bonds. The highest BCUT2D eigenvalue weighted by atomic mass is 19.1. The summed E-state index contributed by atoms with van der Waals surface area (Å²) in [5, 5.41) is 13.0. The number of halogens is 1. The first-order valence-corrected chi connectivity index (χ1v) is 11.1. The number of β-amino-alcohol motifs (C(OH)–C–C–N with tert-alkyl or cyclic N) is 1. The Hall–Kier alpha value is -2.62. The van der Waals surface area contributed by atoms with Gasteiger partial charge in [-0.2, -0.15) is 0 Å². The van der Waals surface area contributed by atoms with Crippen molar-refractivity contribution in [1.29, 1.82) is 0 Å². The van der Waals surface area contributed by atoms with Crippen LogP contribution < -0.4 is 17.0 Å². The first kappa shape index (κ1) is 30.4. The van der Waals surface area contributed by atoms with Gasteiger partial charge in [0.05, 0.1) is 6.10 Å². The van der Waals surface area contributed by atoms with E-state index in [4.69, 9.17) is 0 Å². The molecule has 6 N–H and O–H groups in total. The molecule has 1 saturated heterocycles. The van der Waals surface area contributed by atoms with E-state index in [1.54, 1.807) is 23.2 Å². The molecule has 186 valence electrons. The number of hydrazine groups is 1. The number of hydrogen-bond donors (Lipinski definition) is 4. The van der Waals surface area contributed by atoms with Gasteiger partial charge in [-0.3, -0.25) is 26.3 Å². The summed E-state index contributed by atoms with van der Waals surface area (Å²) in [5.74, 6) is 7.88. The van der Waals surface area contributed by atoms with E-state index in [1.807, 2.05) is 26.8 Å². The maximum Gasteiger partial charge on any atom is 0.223 e. The van der Waals surface area contributed by atoms with Gasteiger partial charge in [0.25, 0.3) is 0 Å². The topological polar surface area (TPSA) is 135 Å². The third-order valence-corrected chi connectivity index (χ3v) is 4.73. The number of nitrogens with two attached hydrogens (primary N) is 2. The number of pyridine rings is 1. The molecule has 33 heavy (non-hydrogen) atoms. The van der Waals surface area contributed by atoms with Crippen LogP contribution in [-0.2, 0) is 16.1 Å². The number of rotatable bonds is 4. The van der Waals surface area contributed by atoms with Crippen molar-refractivity contribution in [2.75, 3.05) is 13.1 Å². The van der Waals surface area contributed by atoms with E-state index in [2.05, 4.69) is 42.8 Å². The van der Waals surface area contributed by atoms with Crippen LogP contribution in [-0.4, -0.2) is 46.5 Å². The van der Waals surface area contributed by atoms with Gasteiger partial charge in [0.1, 0.15) is 5.82 Å². The molecule has 1 aromatic heterocycles. The smallest absolute Gasteiger partial charge is 0.223 e. The van der Waals surface area contributed by atoms with Crippen LogP contribution in [0.25, 0.3) is 10.8 Å². The summed E-state index contributed by atoms with van der Waals surface area (Å²) >= 11 is 0. The lowest BCUT2D eigenvalue weighted by Crippen LogP contribution is -2.32. The van der Waals surface area contributed by atoms with Gasteiger partial charge in [-0.25, -0.2) is 4.39 Å². The van der Waals surface area contributed by atoms with E-state index < -0.39 is 0 Å². The molecule has 1 aliphatic heterocycles. The number of aryl methyl sites for hydroxylation is 1. The fourth-order valence-corrected chi connectivity index (χ4v) is 3.23. The number of nitrogens with zero attached hydrogens (tertiary/aromatic N) is 2. The average Bonchev–Trinajstić information content (AvgIpc) is 3.23. The summed E-state index contributed by atoms with van der Waals surface area (Å²) in [7, 11) is 0. The largest absolute Gasteiger partial charge is 0.391 e. The van der Waals surface area contributed by atoms with Gasteiger partial charge in [-0.1, -0.05) is 46.8 Å². The quantitative estimate of drug-likeness (QED) is 0.312. The average molecular weight is 466 g/mol. The molecule has 2 aromatic rings. The Morgan fingerprint density at radius 3 is 2.42 bits per heavy atom. The number of aliphatic hydroxyl groups excluding tert-OH is 1. The van der Waals surface area contributed by atoms with Crippen LogP contribution in [0, 0.1) is 18.2 Å². The number of aromatic nitrogens is 1. The number of benzene rings is 1. The van der Waals surface area contributed by atoms with Gasteiger partial charge in [-0.15, -0.1) is 0 Å². The van der Waals surface area contributed by atoms with Gasteiger partial charge in [0.15, 0.2) is 0 Å². The van der Waals surface area contributed by atoms with Crippen LogP contribution in [0.3, 0.4) is 0 Å². The first-order chi connectivity index (χ1) is 15.6. The van der Waals surface area contributed by atoms with E-state index in [9.17, 15) is 19.1 Å². The highest BCUT2D eigenvalue weighted by Gasteiger charge is 2.27. The van der Waals surface area contributed by atoms with E-state index >= 15 is 0 Å². The molecule has 1 aromatic carbocycles. The van der Waals surface area contributed by atoms with Crippen molar-refractivity contribution in [1.82, 2.24) is 15.2 Å². The second-order valence-corrected chi connectivity index (χ2v) is 8.55. The van der Waals surface area contributed by atoms with E-state index in [0.717, 1.165) is 24.0 Å². The molecule has 0 saturated carbocycles. The third-order valence-electron chi connectivity index (χ3n) is 4.73. The Morgan fingerprint density at radius 2 is 1.91 bits per heavy atom. The van der Waals surface area contributed by atoms with Crippen LogP contribution in [0.4, 0.5) is 4.39 Å². The van der Waals surface area contributed by atoms with E-state index in [0.29, 0.717) is 30.3 Å². The fourth-order valence-electron chi connectivity index (χ4n) is 3.23. The second-order valence-electron chi connectivity index (χ2n) is 8.55. The van der Waals surface area contributed by atoms with E-state index in [-0.39, 0.29) is 29.8 Å². The minimum Gasteiger partial charge on any atom is -0.391 e. The molecule has 0 aliphatic carbocycles. The molecule has 2 heterocycles. The maximum atomic E-state index is 14.0. The predicted molar refractivity (Wildman–Crippen MR) is 130 cm³/mol. The predicted octanol–water partition coefficient (Wildman–Crippen LogP) is 2.79. The summed E-state index contributed by atoms with van der Waals surface area (Å²) in [4.78, 5) is 27.6.